The van der Waals surface area contributed by atoms with Gasteiger partial charge < -0.3 is 16.0 Å². The van der Waals surface area contributed by atoms with Crippen LogP contribution in [0.2, 0.25) is 0 Å². The van der Waals surface area contributed by atoms with Gasteiger partial charge >= 0.3 is 0 Å². The standard InChI is InChI=1S/C29H26FN7OS/c1-3-5-24(38)33-18-12-16(14-32-15-18)19-9-10-22-25(26(19)30)28(36-37(22)2)29-34-21-13-17(31)7-8-20(27(21)35-29)23-6-4-11-39-23/h4,6-12,14-15H,3,5,13,31H2,1-2H3,(H,33,38)(H,34,35). The molecule has 0 radical (unpaired) electrons. The molecule has 1 aliphatic rings. The zero-order valence-corrected chi connectivity index (χ0v) is 22.3. The Morgan fingerprint density at radius 2 is 2.10 bits per heavy atom. The number of imidazole rings is 1. The molecular formula is C29H26FN7OS. The second kappa shape index (κ2) is 9.95. The van der Waals surface area contributed by atoms with Crippen molar-refractivity contribution >= 4 is 39.4 Å². The number of amides is 1. The molecule has 0 bridgehead atoms. The lowest BCUT2D eigenvalue weighted by atomic mass is 10.0. The number of fused-ring (bicyclic) bond motifs is 2. The van der Waals surface area contributed by atoms with E-state index in [0.717, 1.165) is 28.3 Å². The van der Waals surface area contributed by atoms with Crippen molar-refractivity contribution in [3.05, 3.63) is 88.0 Å². The molecule has 0 saturated heterocycles. The minimum Gasteiger partial charge on any atom is -0.402 e. The number of aryl methyl sites for hydroxylation is 1. The van der Waals surface area contributed by atoms with Gasteiger partial charge in [0.25, 0.3) is 0 Å². The van der Waals surface area contributed by atoms with Crippen LogP contribution >= 0.6 is 11.3 Å². The lowest BCUT2D eigenvalue weighted by Gasteiger charge is -2.08. The van der Waals surface area contributed by atoms with E-state index >= 15 is 4.39 Å². The molecule has 4 aromatic heterocycles. The van der Waals surface area contributed by atoms with Crippen molar-refractivity contribution in [3.8, 4) is 22.6 Å². The molecule has 0 atom stereocenters. The highest BCUT2D eigenvalue weighted by atomic mass is 32.1. The van der Waals surface area contributed by atoms with E-state index in [1.807, 2.05) is 42.7 Å². The number of nitrogens with zero attached hydrogens (tertiary/aromatic N) is 4. The molecule has 1 aromatic carbocycles. The normalized spacial score (nSPS) is 13.1. The molecule has 10 heteroatoms. The van der Waals surface area contributed by atoms with Gasteiger partial charge in [-0.1, -0.05) is 13.0 Å². The summed E-state index contributed by atoms with van der Waals surface area (Å²) >= 11 is 1.62. The van der Waals surface area contributed by atoms with Gasteiger partial charge in [0.15, 0.2) is 5.82 Å². The largest absolute Gasteiger partial charge is 0.402 e. The molecule has 6 rings (SSSR count). The van der Waals surface area contributed by atoms with Gasteiger partial charge in [-0.2, -0.15) is 5.10 Å². The average Bonchev–Trinajstić information content (AvgIpc) is 3.64. The van der Waals surface area contributed by atoms with Crippen molar-refractivity contribution in [1.29, 1.82) is 0 Å². The quantitative estimate of drug-likeness (QED) is 0.253. The van der Waals surface area contributed by atoms with E-state index in [0.29, 0.717) is 57.8 Å². The lowest BCUT2D eigenvalue weighted by molar-refractivity contribution is -0.116. The fourth-order valence-corrected chi connectivity index (χ4v) is 5.60. The molecule has 4 heterocycles. The van der Waals surface area contributed by atoms with E-state index in [1.165, 1.54) is 0 Å². The fraction of sp³-hybridized carbons (Fsp3) is 0.172. The van der Waals surface area contributed by atoms with Crippen molar-refractivity contribution in [2.45, 2.75) is 26.2 Å². The van der Waals surface area contributed by atoms with Gasteiger partial charge in [-0.3, -0.25) is 14.5 Å². The Morgan fingerprint density at radius 1 is 1.23 bits per heavy atom. The van der Waals surface area contributed by atoms with Gasteiger partial charge in [-0.15, -0.1) is 11.3 Å². The summed E-state index contributed by atoms with van der Waals surface area (Å²) in [6, 6.07) is 9.30. The van der Waals surface area contributed by atoms with E-state index in [9.17, 15) is 4.79 Å². The average molecular weight is 540 g/mol. The molecule has 1 aliphatic carbocycles. The second-order valence-electron chi connectivity index (χ2n) is 9.44. The first-order valence-electron chi connectivity index (χ1n) is 12.6. The van der Waals surface area contributed by atoms with Gasteiger partial charge in [0.05, 0.1) is 28.5 Å². The van der Waals surface area contributed by atoms with Crippen LogP contribution in [0.1, 0.15) is 36.0 Å². The van der Waals surface area contributed by atoms with E-state index in [-0.39, 0.29) is 5.91 Å². The fourth-order valence-electron chi connectivity index (χ4n) is 4.84. The number of halogens is 1. The van der Waals surface area contributed by atoms with Crippen molar-refractivity contribution in [2.24, 2.45) is 12.8 Å². The molecule has 8 nitrogen and oxygen atoms in total. The molecule has 0 spiro atoms. The Labute approximate surface area is 228 Å². The summed E-state index contributed by atoms with van der Waals surface area (Å²) < 4.78 is 17.9. The van der Waals surface area contributed by atoms with Gasteiger partial charge in [-0.05, 0) is 48.2 Å². The maximum atomic E-state index is 16.3. The van der Waals surface area contributed by atoms with Gasteiger partial charge in [0.2, 0.25) is 5.91 Å². The number of rotatable bonds is 6. The molecule has 0 fully saturated rings. The summed E-state index contributed by atoms with van der Waals surface area (Å²) in [5, 5.41) is 9.85. The number of hydrogen-bond acceptors (Lipinski definition) is 6. The Kier molecular flexibility index (Phi) is 6.32. The van der Waals surface area contributed by atoms with Crippen molar-refractivity contribution in [3.63, 3.8) is 0 Å². The minimum absolute atomic E-state index is 0.106. The van der Waals surface area contributed by atoms with E-state index in [4.69, 9.17) is 10.7 Å². The molecule has 0 aliphatic heterocycles. The zero-order valence-electron chi connectivity index (χ0n) is 21.5. The highest BCUT2D eigenvalue weighted by Gasteiger charge is 2.25. The number of nitrogens with two attached hydrogens (primary N) is 1. The topological polar surface area (TPSA) is 115 Å². The van der Waals surface area contributed by atoms with Crippen LogP contribution in [0.15, 0.2) is 66.0 Å². The van der Waals surface area contributed by atoms with Gasteiger partial charge in [-0.25, -0.2) is 9.37 Å². The summed E-state index contributed by atoms with van der Waals surface area (Å²) in [5.41, 5.74) is 12.0. The van der Waals surface area contributed by atoms with E-state index in [1.54, 1.807) is 47.6 Å². The number of aromatic nitrogens is 5. The first-order chi connectivity index (χ1) is 18.9. The molecule has 39 heavy (non-hydrogen) atoms. The molecular weight excluding hydrogens is 513 g/mol. The van der Waals surface area contributed by atoms with Crippen LogP contribution in [0.3, 0.4) is 0 Å². The zero-order chi connectivity index (χ0) is 27.1. The third-order valence-corrected chi connectivity index (χ3v) is 7.56. The SMILES string of the molecule is CCCC(=O)Nc1cncc(-c2ccc3c(c(-c4nc5c([nH]4)CC(N)=CC=C5c4cccs4)nn3C)c2F)c1. The van der Waals surface area contributed by atoms with Crippen LogP contribution in [-0.2, 0) is 18.3 Å². The molecule has 0 saturated carbocycles. The summed E-state index contributed by atoms with van der Waals surface area (Å²) in [7, 11) is 1.78. The molecule has 0 unspecified atom stereocenters. The number of allylic oxidation sites excluding steroid dienone is 3. The predicted octanol–water partition coefficient (Wildman–Crippen LogP) is 5.80. The number of pyridine rings is 1. The highest BCUT2D eigenvalue weighted by molar-refractivity contribution is 7.11. The Bertz CT molecular complexity index is 1780. The Balaban J connectivity index is 1.46. The molecule has 196 valence electrons. The number of carbonyl (C=O) groups is 1. The Hall–Kier alpha value is -4.57. The maximum absolute atomic E-state index is 16.3. The maximum Gasteiger partial charge on any atom is 0.224 e. The van der Waals surface area contributed by atoms with Crippen LogP contribution in [0.4, 0.5) is 10.1 Å². The number of benzene rings is 1. The number of aromatic amines is 1. The first kappa shape index (κ1) is 24.7. The van der Waals surface area contributed by atoms with Gasteiger partial charge in [0.1, 0.15) is 11.5 Å². The number of nitrogens with one attached hydrogen (secondary N) is 2. The van der Waals surface area contributed by atoms with Crippen molar-refractivity contribution in [2.75, 3.05) is 5.32 Å². The molecule has 1 amide bonds. The number of carbonyl (C=O) groups excluding carboxylic acids is 1. The number of hydrogen-bond donors (Lipinski definition) is 3. The molecule has 4 N–H and O–H groups in total. The smallest absolute Gasteiger partial charge is 0.224 e. The molecule has 5 aromatic rings. The minimum atomic E-state index is -0.436. The second-order valence-corrected chi connectivity index (χ2v) is 10.4. The number of thiophene rings is 1. The van der Waals surface area contributed by atoms with Crippen LogP contribution in [0.25, 0.3) is 39.1 Å². The summed E-state index contributed by atoms with van der Waals surface area (Å²) in [6.45, 7) is 1.94. The predicted molar refractivity (Wildman–Crippen MR) is 152 cm³/mol. The third kappa shape index (κ3) is 4.52. The van der Waals surface area contributed by atoms with E-state index < -0.39 is 5.82 Å². The summed E-state index contributed by atoms with van der Waals surface area (Å²) in [6.07, 6.45) is 8.65. The van der Waals surface area contributed by atoms with Crippen LogP contribution in [0, 0.1) is 5.82 Å². The summed E-state index contributed by atoms with van der Waals surface area (Å²) in [4.78, 5) is 25.7. The van der Waals surface area contributed by atoms with Crippen LogP contribution in [-0.4, -0.2) is 30.6 Å². The first-order valence-corrected chi connectivity index (χ1v) is 13.5. The van der Waals surface area contributed by atoms with Gasteiger partial charge in [0, 0.05) is 59.1 Å². The van der Waals surface area contributed by atoms with Crippen molar-refractivity contribution in [1.82, 2.24) is 24.7 Å². The lowest BCUT2D eigenvalue weighted by Crippen LogP contribution is -2.10. The van der Waals surface area contributed by atoms with Crippen molar-refractivity contribution < 1.29 is 9.18 Å². The number of H-pyrrole nitrogens is 1. The van der Waals surface area contributed by atoms with E-state index in [2.05, 4.69) is 20.4 Å². The van der Waals surface area contributed by atoms with Crippen LogP contribution in [0.5, 0.6) is 0 Å². The highest BCUT2D eigenvalue weighted by Crippen LogP contribution is 2.37. The monoisotopic (exact) mass is 539 g/mol. The third-order valence-electron chi connectivity index (χ3n) is 6.66. The Morgan fingerprint density at radius 3 is 2.90 bits per heavy atom. The number of anilines is 1. The van der Waals surface area contributed by atoms with Crippen LogP contribution < -0.4 is 11.1 Å². The summed E-state index contributed by atoms with van der Waals surface area (Å²) in [5.74, 6) is -0.0714.